The van der Waals surface area contributed by atoms with E-state index in [0.29, 0.717) is 4.20 Å². The molecule has 0 aliphatic carbocycles. The molecular weight excluding hydrogens is 216 g/mol. The molecule has 0 saturated carbocycles. The summed E-state index contributed by atoms with van der Waals surface area (Å²) >= 11 is 8.95. The number of hydrogen-bond acceptors (Lipinski definition) is 4. The van der Waals surface area contributed by atoms with Crippen molar-refractivity contribution in [2.45, 2.75) is 38.9 Å². The number of thiol groups is 1. The van der Waals surface area contributed by atoms with E-state index in [1.807, 2.05) is 27.7 Å². The third-order valence-electron chi connectivity index (χ3n) is 2.43. The van der Waals surface area contributed by atoms with Crippen LogP contribution < -0.4 is 5.32 Å². The molecule has 14 heavy (non-hydrogen) atoms. The van der Waals surface area contributed by atoms with Gasteiger partial charge >= 0.3 is 0 Å². The molecule has 0 unspecified atom stereocenters. The molecular formula is C9H16N2OS2. The quantitative estimate of drug-likeness (QED) is 0.367. The van der Waals surface area contributed by atoms with E-state index in [1.54, 1.807) is 6.08 Å². The summed E-state index contributed by atoms with van der Waals surface area (Å²) in [6.45, 7) is 7.65. The maximum absolute atomic E-state index is 9.93. The molecule has 1 aliphatic rings. The van der Waals surface area contributed by atoms with Crippen LogP contribution in [-0.4, -0.2) is 25.7 Å². The van der Waals surface area contributed by atoms with Gasteiger partial charge in [-0.15, -0.1) is 12.6 Å². The van der Waals surface area contributed by atoms with Crippen molar-refractivity contribution >= 4 is 29.0 Å². The molecule has 0 bridgehead atoms. The highest BCUT2D eigenvalue weighted by Crippen LogP contribution is 2.34. The molecule has 2 N–H and O–H groups in total. The van der Waals surface area contributed by atoms with Crippen LogP contribution in [0.1, 0.15) is 27.7 Å². The molecule has 1 fully saturated rings. The highest BCUT2D eigenvalue weighted by molar-refractivity contribution is 8.11. The van der Waals surface area contributed by atoms with Gasteiger partial charge in [-0.05, 0) is 33.8 Å². The highest BCUT2D eigenvalue weighted by atomic mass is 32.1. The largest absolute Gasteiger partial charge is 0.368 e. The summed E-state index contributed by atoms with van der Waals surface area (Å²) < 4.78 is 0.506. The lowest BCUT2D eigenvalue weighted by Crippen LogP contribution is -2.48. The second-order valence-corrected chi connectivity index (χ2v) is 5.68. The van der Waals surface area contributed by atoms with Gasteiger partial charge in [0.05, 0.1) is 9.74 Å². The first-order valence-electron chi connectivity index (χ1n) is 4.40. The SMILES string of the molecule is CC1(C)N/C(=C\C(=S)S)C(C)(C)N1O. The van der Waals surface area contributed by atoms with Crippen LogP contribution in [0.15, 0.2) is 11.8 Å². The minimum atomic E-state index is -0.478. The van der Waals surface area contributed by atoms with Gasteiger partial charge in [0, 0.05) is 5.70 Å². The van der Waals surface area contributed by atoms with Gasteiger partial charge < -0.3 is 10.5 Å². The molecule has 1 heterocycles. The molecule has 0 atom stereocenters. The normalized spacial score (nSPS) is 27.7. The maximum atomic E-state index is 9.93. The summed E-state index contributed by atoms with van der Waals surface area (Å²) in [6.07, 6.45) is 1.76. The zero-order valence-electron chi connectivity index (χ0n) is 8.83. The van der Waals surface area contributed by atoms with Crippen molar-refractivity contribution < 1.29 is 5.21 Å². The van der Waals surface area contributed by atoms with Gasteiger partial charge in [-0.2, -0.15) is 5.06 Å². The topological polar surface area (TPSA) is 35.5 Å². The first kappa shape index (κ1) is 12.0. The number of hydrogen-bond donors (Lipinski definition) is 3. The number of hydroxylamine groups is 2. The zero-order valence-corrected chi connectivity index (χ0v) is 10.5. The Morgan fingerprint density at radius 2 is 2.00 bits per heavy atom. The molecule has 0 radical (unpaired) electrons. The van der Waals surface area contributed by atoms with Gasteiger partial charge in [0.25, 0.3) is 0 Å². The summed E-state index contributed by atoms with van der Waals surface area (Å²) in [5.74, 6) is 0. The smallest absolute Gasteiger partial charge is 0.109 e. The Labute approximate surface area is 95.5 Å². The van der Waals surface area contributed by atoms with Crippen molar-refractivity contribution in [1.29, 1.82) is 0 Å². The molecule has 1 saturated heterocycles. The van der Waals surface area contributed by atoms with Crippen molar-refractivity contribution in [1.82, 2.24) is 10.4 Å². The lowest BCUT2D eigenvalue weighted by Gasteiger charge is -2.32. The van der Waals surface area contributed by atoms with Gasteiger partial charge in [0.2, 0.25) is 0 Å². The van der Waals surface area contributed by atoms with Gasteiger partial charge in [0.15, 0.2) is 0 Å². The number of rotatable bonds is 1. The third-order valence-corrected chi connectivity index (χ3v) is 2.67. The molecule has 0 spiro atoms. The van der Waals surface area contributed by atoms with Crippen LogP contribution in [0.25, 0.3) is 0 Å². The van der Waals surface area contributed by atoms with E-state index in [-0.39, 0.29) is 0 Å². The summed E-state index contributed by atoms with van der Waals surface area (Å²) in [5, 5.41) is 14.4. The number of thiocarbonyl (C=S) groups is 1. The van der Waals surface area contributed by atoms with Crippen molar-refractivity contribution in [3.05, 3.63) is 11.8 Å². The first-order valence-corrected chi connectivity index (χ1v) is 5.26. The fraction of sp³-hybridized carbons (Fsp3) is 0.667. The summed E-state index contributed by atoms with van der Waals surface area (Å²) in [5.41, 5.74) is -0.0607. The van der Waals surface area contributed by atoms with Crippen LogP contribution in [0.5, 0.6) is 0 Å². The van der Waals surface area contributed by atoms with E-state index in [4.69, 9.17) is 12.2 Å². The van der Waals surface area contributed by atoms with Crippen LogP contribution in [0.3, 0.4) is 0 Å². The Bertz CT molecular complexity index is 297. The van der Waals surface area contributed by atoms with Crippen molar-refractivity contribution in [2.75, 3.05) is 0 Å². The monoisotopic (exact) mass is 232 g/mol. The van der Waals surface area contributed by atoms with Crippen LogP contribution in [0.2, 0.25) is 0 Å². The third kappa shape index (κ3) is 1.95. The Kier molecular flexibility index (Phi) is 2.98. The summed E-state index contributed by atoms with van der Waals surface area (Å²) in [6, 6.07) is 0. The van der Waals surface area contributed by atoms with Gasteiger partial charge in [-0.25, -0.2) is 0 Å². The van der Waals surface area contributed by atoms with E-state index in [0.717, 1.165) is 5.70 Å². The van der Waals surface area contributed by atoms with E-state index in [1.165, 1.54) is 5.06 Å². The fourth-order valence-corrected chi connectivity index (χ4v) is 1.93. The Balaban J connectivity index is 3.09. The first-order chi connectivity index (χ1) is 6.18. The Morgan fingerprint density at radius 3 is 2.29 bits per heavy atom. The summed E-state index contributed by atoms with van der Waals surface area (Å²) in [4.78, 5) is 0. The average molecular weight is 232 g/mol. The molecule has 1 rings (SSSR count). The van der Waals surface area contributed by atoms with E-state index < -0.39 is 11.2 Å². The lowest BCUT2D eigenvalue weighted by molar-refractivity contribution is -0.191. The predicted molar refractivity (Wildman–Crippen MR) is 64.6 cm³/mol. The van der Waals surface area contributed by atoms with Gasteiger partial charge in [-0.3, -0.25) is 0 Å². The molecule has 0 amide bonds. The van der Waals surface area contributed by atoms with Crippen LogP contribution in [-0.2, 0) is 0 Å². The van der Waals surface area contributed by atoms with E-state index in [2.05, 4.69) is 17.9 Å². The highest BCUT2D eigenvalue weighted by Gasteiger charge is 2.47. The molecule has 1 aliphatic heterocycles. The van der Waals surface area contributed by atoms with E-state index >= 15 is 0 Å². The minimum Gasteiger partial charge on any atom is -0.368 e. The van der Waals surface area contributed by atoms with Crippen LogP contribution in [0.4, 0.5) is 0 Å². The predicted octanol–water partition coefficient (Wildman–Crippen LogP) is 1.94. The maximum Gasteiger partial charge on any atom is 0.109 e. The lowest BCUT2D eigenvalue weighted by atomic mass is 10.0. The van der Waals surface area contributed by atoms with Crippen LogP contribution >= 0.6 is 24.8 Å². The minimum absolute atomic E-state index is 0.462. The fourth-order valence-electron chi connectivity index (χ4n) is 1.68. The Hall–Kier alpha value is -0.100. The average Bonchev–Trinajstić information content (AvgIpc) is 2.12. The number of nitrogens with one attached hydrogen (secondary N) is 1. The zero-order chi connectivity index (χ0) is 11.1. The molecule has 0 aromatic carbocycles. The molecule has 5 heteroatoms. The molecule has 0 aromatic rings. The van der Waals surface area contributed by atoms with Crippen LogP contribution in [0, 0.1) is 0 Å². The number of nitrogens with zero attached hydrogens (tertiary/aromatic N) is 1. The summed E-state index contributed by atoms with van der Waals surface area (Å²) in [7, 11) is 0. The van der Waals surface area contributed by atoms with E-state index in [9.17, 15) is 5.21 Å². The standard InChI is InChI=1S/C9H16N2OS2/c1-8(2)6(5-7(13)14)10-9(3,4)11(8)12/h5,10,12H,1-4H3,(H,13,14)/b6-5-. The molecule has 80 valence electrons. The molecule has 3 nitrogen and oxygen atoms in total. The van der Waals surface area contributed by atoms with Crippen molar-refractivity contribution in [3.63, 3.8) is 0 Å². The van der Waals surface area contributed by atoms with Gasteiger partial charge in [0.1, 0.15) is 5.66 Å². The van der Waals surface area contributed by atoms with Crippen molar-refractivity contribution in [2.24, 2.45) is 0 Å². The Morgan fingerprint density at radius 1 is 1.50 bits per heavy atom. The van der Waals surface area contributed by atoms with Crippen molar-refractivity contribution in [3.8, 4) is 0 Å². The second-order valence-electron chi connectivity index (χ2n) is 4.45. The second kappa shape index (κ2) is 3.48. The van der Waals surface area contributed by atoms with Gasteiger partial charge in [-0.1, -0.05) is 12.2 Å². The molecule has 0 aromatic heterocycles.